The van der Waals surface area contributed by atoms with Gasteiger partial charge in [-0.2, -0.15) is 0 Å². The SMILES string of the molecule is Cc1cc(S[C@@H](C)C(=O)Nc2c(Cl)cc(Cl)cc2Cl)nc(C(C)C)n1. The molecule has 2 rings (SSSR count). The summed E-state index contributed by atoms with van der Waals surface area (Å²) in [5, 5.41) is 4.12. The van der Waals surface area contributed by atoms with Crippen molar-refractivity contribution in [1.29, 1.82) is 0 Å². The van der Waals surface area contributed by atoms with Crippen LogP contribution in [0.2, 0.25) is 15.1 Å². The van der Waals surface area contributed by atoms with E-state index in [2.05, 4.69) is 15.3 Å². The third-order valence-corrected chi connectivity index (χ3v) is 5.12. The number of halogens is 3. The predicted molar refractivity (Wildman–Crippen MR) is 106 cm³/mol. The Kier molecular flexibility index (Phi) is 6.97. The summed E-state index contributed by atoms with van der Waals surface area (Å²) in [5.74, 6) is 0.757. The fraction of sp³-hybridized carbons (Fsp3) is 0.353. The van der Waals surface area contributed by atoms with Gasteiger partial charge < -0.3 is 5.32 Å². The molecule has 1 aromatic carbocycles. The van der Waals surface area contributed by atoms with E-state index in [-0.39, 0.29) is 11.8 Å². The molecule has 1 aromatic heterocycles. The van der Waals surface area contributed by atoms with Crippen LogP contribution in [0.1, 0.15) is 38.2 Å². The first-order valence-corrected chi connectivity index (χ1v) is 9.66. The van der Waals surface area contributed by atoms with Gasteiger partial charge in [-0.1, -0.05) is 60.4 Å². The fourth-order valence-electron chi connectivity index (χ4n) is 2.00. The molecule has 0 spiro atoms. The number of anilines is 1. The van der Waals surface area contributed by atoms with Gasteiger partial charge in [-0.15, -0.1) is 0 Å². The second-order valence-corrected chi connectivity index (χ2v) is 8.47. The molecule has 0 radical (unpaired) electrons. The molecule has 0 aliphatic heterocycles. The summed E-state index contributed by atoms with van der Waals surface area (Å²) in [6.45, 7) is 7.77. The quantitative estimate of drug-likeness (QED) is 0.479. The Bertz CT molecular complexity index is 776. The molecule has 134 valence electrons. The molecule has 4 nitrogen and oxygen atoms in total. The van der Waals surface area contributed by atoms with Gasteiger partial charge in [-0.25, -0.2) is 9.97 Å². The van der Waals surface area contributed by atoms with Crippen molar-refractivity contribution in [3.8, 4) is 0 Å². The van der Waals surface area contributed by atoms with Gasteiger partial charge in [0.1, 0.15) is 10.9 Å². The Morgan fingerprint density at radius 2 is 1.68 bits per heavy atom. The Morgan fingerprint density at radius 1 is 1.08 bits per heavy atom. The van der Waals surface area contributed by atoms with Crippen LogP contribution in [0.5, 0.6) is 0 Å². The molecule has 1 heterocycles. The van der Waals surface area contributed by atoms with Gasteiger partial charge in [0, 0.05) is 16.6 Å². The molecule has 25 heavy (non-hydrogen) atoms. The molecule has 8 heteroatoms. The highest BCUT2D eigenvalue weighted by Gasteiger charge is 2.19. The summed E-state index contributed by atoms with van der Waals surface area (Å²) < 4.78 is 0. The highest BCUT2D eigenvalue weighted by atomic mass is 35.5. The lowest BCUT2D eigenvalue weighted by Crippen LogP contribution is -2.23. The van der Waals surface area contributed by atoms with Crippen molar-refractivity contribution in [1.82, 2.24) is 9.97 Å². The minimum atomic E-state index is -0.392. The van der Waals surface area contributed by atoms with E-state index in [9.17, 15) is 4.79 Å². The lowest BCUT2D eigenvalue weighted by molar-refractivity contribution is -0.115. The van der Waals surface area contributed by atoms with Crippen molar-refractivity contribution in [2.24, 2.45) is 0 Å². The highest BCUT2D eigenvalue weighted by molar-refractivity contribution is 8.00. The third kappa shape index (κ3) is 5.48. The number of carbonyl (C=O) groups excluding carboxylic acids is 1. The zero-order valence-corrected chi connectivity index (χ0v) is 17.3. The monoisotopic (exact) mass is 417 g/mol. The molecule has 0 fully saturated rings. The fourth-order valence-corrected chi connectivity index (χ4v) is 3.83. The minimum absolute atomic E-state index is 0.218. The summed E-state index contributed by atoms with van der Waals surface area (Å²) in [6, 6.07) is 4.93. The van der Waals surface area contributed by atoms with E-state index in [0.29, 0.717) is 20.8 Å². The first-order chi connectivity index (χ1) is 11.7. The Morgan fingerprint density at radius 3 is 2.24 bits per heavy atom. The maximum atomic E-state index is 12.5. The maximum absolute atomic E-state index is 12.5. The summed E-state index contributed by atoms with van der Waals surface area (Å²) in [7, 11) is 0. The number of benzene rings is 1. The first kappa shape index (κ1) is 20.3. The van der Waals surface area contributed by atoms with Crippen molar-refractivity contribution in [3.63, 3.8) is 0 Å². The van der Waals surface area contributed by atoms with Crippen molar-refractivity contribution < 1.29 is 4.79 Å². The van der Waals surface area contributed by atoms with Crippen molar-refractivity contribution >= 4 is 58.2 Å². The van der Waals surface area contributed by atoms with Gasteiger partial charge in [0.15, 0.2) is 0 Å². The average Bonchev–Trinajstić information content (AvgIpc) is 2.49. The summed E-state index contributed by atoms with van der Waals surface area (Å²) in [6.07, 6.45) is 0. The zero-order valence-electron chi connectivity index (χ0n) is 14.2. The normalized spacial score (nSPS) is 12.3. The van der Waals surface area contributed by atoms with E-state index >= 15 is 0 Å². The summed E-state index contributed by atoms with van der Waals surface area (Å²) in [4.78, 5) is 21.4. The summed E-state index contributed by atoms with van der Waals surface area (Å²) >= 11 is 19.5. The van der Waals surface area contributed by atoms with Crippen LogP contribution >= 0.6 is 46.6 Å². The first-order valence-electron chi connectivity index (χ1n) is 7.65. The molecule has 1 N–H and O–H groups in total. The van der Waals surface area contributed by atoms with Gasteiger partial charge >= 0.3 is 0 Å². The Balaban J connectivity index is 2.14. The van der Waals surface area contributed by atoms with Crippen LogP contribution in [0.3, 0.4) is 0 Å². The largest absolute Gasteiger partial charge is 0.323 e. The molecule has 0 bridgehead atoms. The van der Waals surface area contributed by atoms with Crippen LogP contribution < -0.4 is 5.32 Å². The van der Waals surface area contributed by atoms with E-state index in [1.807, 2.05) is 26.8 Å². The molecule has 0 saturated heterocycles. The smallest absolute Gasteiger partial charge is 0.237 e. The summed E-state index contributed by atoms with van der Waals surface area (Å²) in [5.41, 5.74) is 1.23. The predicted octanol–water partition coefficient (Wildman–Crippen LogP) is 5.99. The van der Waals surface area contributed by atoms with Crippen molar-refractivity contribution in [3.05, 3.63) is 44.8 Å². The molecule has 0 aliphatic rings. The number of aromatic nitrogens is 2. The van der Waals surface area contributed by atoms with E-state index in [1.54, 1.807) is 6.92 Å². The highest BCUT2D eigenvalue weighted by Crippen LogP contribution is 2.34. The standard InChI is InChI=1S/C17H18Cl3N3OS/c1-8(2)16-21-9(3)5-14(22-16)25-10(4)17(24)23-15-12(19)6-11(18)7-13(15)20/h5-8,10H,1-4H3,(H,23,24)/t10-/m0/s1. The topological polar surface area (TPSA) is 54.9 Å². The second-order valence-electron chi connectivity index (χ2n) is 5.85. The molecule has 0 aliphatic carbocycles. The molecule has 1 atom stereocenters. The number of thioether (sulfide) groups is 1. The minimum Gasteiger partial charge on any atom is -0.323 e. The van der Waals surface area contributed by atoms with Gasteiger partial charge in [0.05, 0.1) is 21.0 Å². The van der Waals surface area contributed by atoms with Crippen LogP contribution in [0.15, 0.2) is 23.2 Å². The van der Waals surface area contributed by atoms with Gasteiger partial charge in [0.2, 0.25) is 5.91 Å². The second kappa shape index (κ2) is 8.58. The van der Waals surface area contributed by atoms with Crippen LogP contribution in [-0.2, 0) is 4.79 Å². The Labute approximate surface area is 166 Å². The lowest BCUT2D eigenvalue weighted by Gasteiger charge is -2.15. The molecule has 0 unspecified atom stereocenters. The van der Waals surface area contributed by atoms with Gasteiger partial charge in [-0.05, 0) is 32.0 Å². The molecular formula is C17H18Cl3N3OS. The number of nitrogens with zero attached hydrogens (tertiary/aromatic N) is 2. The Hall–Kier alpha value is -1.01. The average molecular weight is 419 g/mol. The number of aryl methyl sites for hydroxylation is 1. The number of rotatable bonds is 5. The zero-order chi connectivity index (χ0) is 18.7. The number of nitrogens with one attached hydrogen (secondary N) is 1. The molecule has 1 amide bonds. The number of hydrogen-bond donors (Lipinski definition) is 1. The molecule has 0 saturated carbocycles. The van der Waals surface area contributed by atoms with E-state index in [4.69, 9.17) is 34.8 Å². The number of amides is 1. The van der Waals surface area contributed by atoms with Gasteiger partial charge in [0.25, 0.3) is 0 Å². The van der Waals surface area contributed by atoms with Crippen LogP contribution in [-0.4, -0.2) is 21.1 Å². The lowest BCUT2D eigenvalue weighted by atomic mass is 10.2. The van der Waals surface area contributed by atoms with E-state index < -0.39 is 5.25 Å². The third-order valence-electron chi connectivity index (χ3n) is 3.29. The molecule has 2 aromatic rings. The number of carbonyl (C=O) groups is 1. The van der Waals surface area contributed by atoms with Crippen molar-refractivity contribution in [2.45, 2.75) is 43.9 Å². The van der Waals surface area contributed by atoms with Crippen molar-refractivity contribution in [2.75, 3.05) is 5.32 Å². The van der Waals surface area contributed by atoms with Crippen LogP contribution in [0.25, 0.3) is 0 Å². The number of hydrogen-bond acceptors (Lipinski definition) is 4. The van der Waals surface area contributed by atoms with Crippen LogP contribution in [0.4, 0.5) is 5.69 Å². The van der Waals surface area contributed by atoms with E-state index in [0.717, 1.165) is 16.5 Å². The van der Waals surface area contributed by atoms with Crippen LogP contribution in [0, 0.1) is 6.92 Å². The van der Waals surface area contributed by atoms with Gasteiger partial charge in [-0.3, -0.25) is 4.79 Å². The van der Waals surface area contributed by atoms with E-state index in [1.165, 1.54) is 23.9 Å². The molecular weight excluding hydrogens is 401 g/mol. The maximum Gasteiger partial charge on any atom is 0.237 e.